The van der Waals surface area contributed by atoms with Crippen LogP contribution in [0.3, 0.4) is 0 Å². The minimum Gasteiger partial charge on any atom is -0.374 e. The number of hydrogen-bond acceptors (Lipinski definition) is 4. The van der Waals surface area contributed by atoms with Gasteiger partial charge in [0.05, 0.1) is 12.7 Å². The summed E-state index contributed by atoms with van der Waals surface area (Å²) in [5.74, 6) is 0.609. The van der Waals surface area contributed by atoms with Crippen LogP contribution in [-0.2, 0) is 16.1 Å². The van der Waals surface area contributed by atoms with Crippen LogP contribution >= 0.6 is 0 Å². The summed E-state index contributed by atoms with van der Waals surface area (Å²) in [6.07, 6.45) is 3.24. The highest BCUT2D eigenvalue weighted by Gasteiger charge is 2.32. The third-order valence-electron chi connectivity index (χ3n) is 5.27. The van der Waals surface area contributed by atoms with E-state index in [0.717, 1.165) is 45.5 Å². The van der Waals surface area contributed by atoms with Gasteiger partial charge in [0.2, 0.25) is 5.91 Å². The molecule has 1 amide bonds. The number of nitrogens with one attached hydrogen (secondary N) is 1. The van der Waals surface area contributed by atoms with Crippen LogP contribution in [0.25, 0.3) is 0 Å². The molecule has 1 aromatic carbocycles. The van der Waals surface area contributed by atoms with E-state index in [1.54, 1.807) is 0 Å². The van der Waals surface area contributed by atoms with Crippen molar-refractivity contribution >= 4 is 5.91 Å². The van der Waals surface area contributed by atoms with Gasteiger partial charge < -0.3 is 15.8 Å². The Morgan fingerprint density at radius 1 is 1.29 bits per heavy atom. The maximum atomic E-state index is 12.4. The van der Waals surface area contributed by atoms with Crippen molar-refractivity contribution in [3.05, 3.63) is 35.9 Å². The Labute approximate surface area is 144 Å². The van der Waals surface area contributed by atoms with Crippen LogP contribution in [0.2, 0.25) is 0 Å². The zero-order chi connectivity index (χ0) is 16.8. The molecule has 5 nitrogen and oxygen atoms in total. The maximum Gasteiger partial charge on any atom is 0.223 e. The molecule has 2 aliphatic rings. The highest BCUT2D eigenvalue weighted by molar-refractivity contribution is 5.79. The van der Waals surface area contributed by atoms with E-state index in [0.29, 0.717) is 19.0 Å². The van der Waals surface area contributed by atoms with Crippen LogP contribution in [-0.4, -0.2) is 49.7 Å². The third-order valence-corrected chi connectivity index (χ3v) is 5.27. The summed E-state index contributed by atoms with van der Waals surface area (Å²) in [5, 5.41) is 3.10. The number of benzene rings is 1. The lowest BCUT2D eigenvalue weighted by atomic mass is 9.95. The summed E-state index contributed by atoms with van der Waals surface area (Å²) in [7, 11) is 0. The molecule has 1 saturated heterocycles. The molecule has 1 unspecified atom stereocenters. The average Bonchev–Trinajstić information content (AvgIpc) is 3.10. The fourth-order valence-corrected chi connectivity index (χ4v) is 3.90. The molecular formula is C19H29N3O2. The number of morpholine rings is 1. The lowest BCUT2D eigenvalue weighted by Crippen LogP contribution is -2.48. The highest BCUT2D eigenvalue weighted by Crippen LogP contribution is 2.30. The Hall–Kier alpha value is -1.43. The van der Waals surface area contributed by atoms with Gasteiger partial charge in [-0.05, 0) is 30.9 Å². The van der Waals surface area contributed by atoms with Gasteiger partial charge in [-0.2, -0.15) is 0 Å². The van der Waals surface area contributed by atoms with Crippen molar-refractivity contribution in [2.24, 2.45) is 17.6 Å². The van der Waals surface area contributed by atoms with E-state index in [4.69, 9.17) is 10.5 Å². The number of nitrogens with two attached hydrogens (primary N) is 1. The monoisotopic (exact) mass is 331 g/mol. The third kappa shape index (κ3) is 4.56. The van der Waals surface area contributed by atoms with E-state index in [1.807, 2.05) is 6.07 Å². The first kappa shape index (κ1) is 17.4. The summed E-state index contributed by atoms with van der Waals surface area (Å²) in [6, 6.07) is 10.5. The first-order valence-corrected chi connectivity index (χ1v) is 9.12. The molecule has 0 spiro atoms. The van der Waals surface area contributed by atoms with Crippen molar-refractivity contribution in [1.29, 1.82) is 0 Å². The minimum atomic E-state index is 0.0733. The van der Waals surface area contributed by atoms with E-state index in [-0.39, 0.29) is 17.9 Å². The summed E-state index contributed by atoms with van der Waals surface area (Å²) in [4.78, 5) is 14.8. The molecule has 132 valence electrons. The molecule has 3 atom stereocenters. The lowest BCUT2D eigenvalue weighted by Gasteiger charge is -2.33. The normalized spacial score (nSPS) is 28.0. The smallest absolute Gasteiger partial charge is 0.223 e. The molecule has 0 bridgehead atoms. The summed E-state index contributed by atoms with van der Waals surface area (Å²) in [6.45, 7) is 4.67. The fraction of sp³-hybridized carbons (Fsp3) is 0.632. The average molecular weight is 331 g/mol. The second-order valence-electron chi connectivity index (χ2n) is 6.99. The Kier molecular flexibility index (Phi) is 6.24. The lowest BCUT2D eigenvalue weighted by molar-refractivity contribution is -0.127. The first-order chi connectivity index (χ1) is 11.8. The van der Waals surface area contributed by atoms with Crippen LogP contribution in [0, 0.1) is 11.8 Å². The fourth-order valence-electron chi connectivity index (χ4n) is 3.90. The van der Waals surface area contributed by atoms with Crippen molar-refractivity contribution in [1.82, 2.24) is 10.2 Å². The molecule has 0 aromatic heterocycles. The first-order valence-electron chi connectivity index (χ1n) is 9.12. The number of hydrogen-bond donors (Lipinski definition) is 2. The second-order valence-corrected chi connectivity index (χ2v) is 6.99. The predicted octanol–water partition coefficient (Wildman–Crippen LogP) is 1.38. The molecule has 1 aromatic rings. The molecule has 0 radical (unpaired) electrons. The number of rotatable bonds is 6. The van der Waals surface area contributed by atoms with E-state index in [1.165, 1.54) is 5.56 Å². The maximum absolute atomic E-state index is 12.4. The van der Waals surface area contributed by atoms with Crippen molar-refractivity contribution in [2.75, 3.05) is 32.8 Å². The molecule has 3 N–H and O–H groups in total. The molecule has 3 rings (SSSR count). The summed E-state index contributed by atoms with van der Waals surface area (Å²) >= 11 is 0. The Balaban J connectivity index is 1.44. The Morgan fingerprint density at radius 3 is 2.92 bits per heavy atom. The van der Waals surface area contributed by atoms with E-state index in [2.05, 4.69) is 34.5 Å². The molecule has 1 saturated carbocycles. The van der Waals surface area contributed by atoms with Gasteiger partial charge in [0.15, 0.2) is 0 Å². The van der Waals surface area contributed by atoms with Crippen molar-refractivity contribution in [3.8, 4) is 0 Å². The van der Waals surface area contributed by atoms with Gasteiger partial charge in [0.25, 0.3) is 0 Å². The quantitative estimate of drug-likeness (QED) is 0.826. The zero-order valence-corrected chi connectivity index (χ0v) is 14.3. The number of carbonyl (C=O) groups excluding carboxylic acids is 1. The van der Waals surface area contributed by atoms with Crippen molar-refractivity contribution < 1.29 is 9.53 Å². The molecular weight excluding hydrogens is 302 g/mol. The van der Waals surface area contributed by atoms with E-state index < -0.39 is 0 Å². The largest absolute Gasteiger partial charge is 0.374 e. The van der Waals surface area contributed by atoms with Gasteiger partial charge in [0, 0.05) is 32.1 Å². The Bertz CT molecular complexity index is 523. The summed E-state index contributed by atoms with van der Waals surface area (Å²) < 4.78 is 5.83. The van der Waals surface area contributed by atoms with Crippen LogP contribution in [0.1, 0.15) is 24.8 Å². The highest BCUT2D eigenvalue weighted by atomic mass is 16.5. The van der Waals surface area contributed by atoms with Crippen LogP contribution in [0.5, 0.6) is 0 Å². The molecule has 5 heteroatoms. The van der Waals surface area contributed by atoms with Gasteiger partial charge in [-0.25, -0.2) is 0 Å². The van der Waals surface area contributed by atoms with Gasteiger partial charge >= 0.3 is 0 Å². The van der Waals surface area contributed by atoms with Crippen LogP contribution in [0.15, 0.2) is 30.3 Å². The summed E-state index contributed by atoms with van der Waals surface area (Å²) in [5.41, 5.74) is 7.10. The predicted molar refractivity (Wildman–Crippen MR) is 94.4 cm³/mol. The SMILES string of the molecule is NC[C@H]1CCC[C@H]1C(=O)NCC1CN(Cc2ccccc2)CCO1. The molecule has 1 heterocycles. The Morgan fingerprint density at radius 2 is 2.12 bits per heavy atom. The second kappa shape index (κ2) is 8.60. The van der Waals surface area contributed by atoms with Crippen LogP contribution < -0.4 is 11.1 Å². The van der Waals surface area contributed by atoms with Crippen LogP contribution in [0.4, 0.5) is 0 Å². The van der Waals surface area contributed by atoms with Crippen molar-refractivity contribution in [3.63, 3.8) is 0 Å². The number of nitrogens with zero attached hydrogens (tertiary/aromatic N) is 1. The van der Waals surface area contributed by atoms with E-state index in [9.17, 15) is 4.79 Å². The number of carbonyl (C=O) groups is 1. The zero-order valence-electron chi connectivity index (χ0n) is 14.3. The van der Waals surface area contributed by atoms with Gasteiger partial charge in [0.1, 0.15) is 0 Å². The molecule has 1 aliphatic heterocycles. The minimum absolute atomic E-state index is 0.0733. The van der Waals surface area contributed by atoms with Gasteiger partial charge in [-0.1, -0.05) is 36.8 Å². The standard InChI is InChI=1S/C19H29N3O2/c20-11-16-7-4-8-18(16)19(23)21-12-17-14-22(9-10-24-17)13-15-5-2-1-3-6-15/h1-3,5-6,16-18H,4,7-14,20H2,(H,21,23)/t16-,17?,18-/m1/s1. The topological polar surface area (TPSA) is 67.6 Å². The number of ether oxygens (including phenoxy) is 1. The van der Waals surface area contributed by atoms with Crippen molar-refractivity contribution in [2.45, 2.75) is 31.9 Å². The van der Waals surface area contributed by atoms with E-state index >= 15 is 0 Å². The molecule has 2 fully saturated rings. The molecule has 1 aliphatic carbocycles. The number of amides is 1. The van der Waals surface area contributed by atoms with Gasteiger partial charge in [-0.15, -0.1) is 0 Å². The van der Waals surface area contributed by atoms with Gasteiger partial charge in [-0.3, -0.25) is 9.69 Å². The molecule has 24 heavy (non-hydrogen) atoms.